The van der Waals surface area contributed by atoms with Crippen LogP contribution in [0.3, 0.4) is 0 Å². The number of rotatable bonds is 5. The Morgan fingerprint density at radius 2 is 1.90 bits per heavy atom. The van der Waals surface area contributed by atoms with Gasteiger partial charge in [-0.2, -0.15) is 0 Å². The Kier molecular flexibility index (Phi) is 4.55. The zero-order valence-corrected chi connectivity index (χ0v) is 13.6. The Labute approximate surface area is 128 Å². The van der Waals surface area contributed by atoms with Gasteiger partial charge in [-0.1, -0.05) is 12.8 Å². The SMILES string of the molecule is COC(=O)C(C)(CN1CCCC2CCCCC21)NC1CC1. The molecule has 1 aliphatic heterocycles. The van der Waals surface area contributed by atoms with Crippen LogP contribution < -0.4 is 5.32 Å². The summed E-state index contributed by atoms with van der Waals surface area (Å²) in [5.41, 5.74) is -0.546. The molecule has 0 amide bonds. The number of fused-ring (bicyclic) bond motifs is 1. The minimum atomic E-state index is -0.546. The summed E-state index contributed by atoms with van der Waals surface area (Å²) in [6.45, 7) is 3.97. The van der Waals surface area contributed by atoms with Gasteiger partial charge in [0, 0.05) is 18.6 Å². The maximum atomic E-state index is 12.3. The lowest BCUT2D eigenvalue weighted by atomic mass is 9.78. The number of carbonyl (C=O) groups is 1. The van der Waals surface area contributed by atoms with Crippen LogP contribution in [0.4, 0.5) is 0 Å². The monoisotopic (exact) mass is 294 g/mol. The van der Waals surface area contributed by atoms with Gasteiger partial charge >= 0.3 is 5.97 Å². The first kappa shape index (κ1) is 15.3. The lowest BCUT2D eigenvalue weighted by molar-refractivity contribution is -0.149. The van der Waals surface area contributed by atoms with Crippen molar-refractivity contribution in [3.8, 4) is 0 Å². The molecule has 3 unspecified atom stereocenters. The number of hydrogen-bond donors (Lipinski definition) is 1. The van der Waals surface area contributed by atoms with Crippen LogP contribution in [-0.2, 0) is 9.53 Å². The van der Waals surface area contributed by atoms with Crippen LogP contribution >= 0.6 is 0 Å². The van der Waals surface area contributed by atoms with E-state index in [1.165, 1.54) is 58.5 Å². The molecule has 0 radical (unpaired) electrons. The fourth-order valence-electron chi connectivity index (χ4n) is 4.40. The maximum Gasteiger partial charge on any atom is 0.327 e. The summed E-state index contributed by atoms with van der Waals surface area (Å²) in [4.78, 5) is 14.9. The first-order valence-electron chi connectivity index (χ1n) is 8.72. The minimum absolute atomic E-state index is 0.104. The van der Waals surface area contributed by atoms with Gasteiger partial charge in [0.05, 0.1) is 7.11 Å². The van der Waals surface area contributed by atoms with Crippen LogP contribution in [0.25, 0.3) is 0 Å². The van der Waals surface area contributed by atoms with E-state index in [1.54, 1.807) is 0 Å². The first-order chi connectivity index (χ1) is 10.1. The molecule has 4 heteroatoms. The van der Waals surface area contributed by atoms with Crippen molar-refractivity contribution in [2.75, 3.05) is 20.2 Å². The van der Waals surface area contributed by atoms with Crippen LogP contribution in [0.2, 0.25) is 0 Å². The average Bonchev–Trinajstić information content (AvgIpc) is 3.30. The summed E-state index contributed by atoms with van der Waals surface area (Å²) in [5, 5.41) is 3.54. The molecule has 3 atom stereocenters. The number of carbonyl (C=O) groups excluding carboxylic acids is 1. The van der Waals surface area contributed by atoms with Crippen molar-refractivity contribution in [1.29, 1.82) is 0 Å². The zero-order valence-electron chi connectivity index (χ0n) is 13.6. The van der Waals surface area contributed by atoms with Crippen LogP contribution in [0.1, 0.15) is 58.3 Å². The molecule has 1 N–H and O–H groups in total. The van der Waals surface area contributed by atoms with Gasteiger partial charge in [-0.15, -0.1) is 0 Å². The van der Waals surface area contributed by atoms with Gasteiger partial charge in [-0.25, -0.2) is 0 Å². The van der Waals surface area contributed by atoms with Gasteiger partial charge in [-0.05, 0) is 57.9 Å². The quantitative estimate of drug-likeness (QED) is 0.790. The van der Waals surface area contributed by atoms with Crippen molar-refractivity contribution >= 4 is 5.97 Å². The van der Waals surface area contributed by atoms with E-state index >= 15 is 0 Å². The van der Waals surface area contributed by atoms with E-state index in [4.69, 9.17) is 4.74 Å². The molecule has 3 fully saturated rings. The standard InChI is InChI=1S/C17H30N2O2/c1-17(16(20)21-2,18-14-9-10-14)12-19-11-5-7-13-6-3-4-8-15(13)19/h13-15,18H,3-12H2,1-2H3. The second-order valence-corrected chi connectivity index (χ2v) is 7.47. The molecule has 2 aliphatic carbocycles. The molecule has 2 saturated carbocycles. The summed E-state index contributed by atoms with van der Waals surface area (Å²) < 4.78 is 5.09. The van der Waals surface area contributed by atoms with E-state index < -0.39 is 5.54 Å². The predicted molar refractivity (Wildman–Crippen MR) is 83.1 cm³/mol. The van der Waals surface area contributed by atoms with E-state index in [9.17, 15) is 4.79 Å². The van der Waals surface area contributed by atoms with Gasteiger partial charge in [0.2, 0.25) is 0 Å². The van der Waals surface area contributed by atoms with Crippen molar-refractivity contribution in [2.45, 2.75) is 75.9 Å². The molecule has 1 heterocycles. The lowest BCUT2D eigenvalue weighted by Crippen LogP contribution is -2.61. The molecular formula is C17H30N2O2. The normalized spacial score (nSPS) is 33.0. The molecule has 120 valence electrons. The van der Waals surface area contributed by atoms with Crippen molar-refractivity contribution in [3.63, 3.8) is 0 Å². The van der Waals surface area contributed by atoms with Crippen molar-refractivity contribution in [2.24, 2.45) is 5.92 Å². The highest BCUT2D eigenvalue weighted by Gasteiger charge is 2.43. The molecule has 21 heavy (non-hydrogen) atoms. The molecule has 1 saturated heterocycles. The summed E-state index contributed by atoms with van der Waals surface area (Å²) in [6.07, 6.45) is 10.5. The Morgan fingerprint density at radius 3 is 2.62 bits per heavy atom. The number of nitrogens with one attached hydrogen (secondary N) is 1. The van der Waals surface area contributed by atoms with Crippen LogP contribution in [0.15, 0.2) is 0 Å². The number of nitrogens with zero attached hydrogens (tertiary/aromatic N) is 1. The predicted octanol–water partition coefficient (Wildman–Crippen LogP) is 2.32. The molecule has 0 aromatic carbocycles. The van der Waals surface area contributed by atoms with Gasteiger partial charge in [0.15, 0.2) is 0 Å². The summed E-state index contributed by atoms with van der Waals surface area (Å²) in [6, 6.07) is 1.21. The fraction of sp³-hybridized carbons (Fsp3) is 0.941. The molecule has 0 bridgehead atoms. The lowest BCUT2D eigenvalue weighted by Gasteiger charge is -2.47. The van der Waals surface area contributed by atoms with Crippen LogP contribution in [0, 0.1) is 5.92 Å². The molecule has 0 aromatic rings. The van der Waals surface area contributed by atoms with Crippen LogP contribution in [-0.4, -0.2) is 48.7 Å². The maximum absolute atomic E-state index is 12.3. The number of esters is 1. The third-order valence-electron chi connectivity index (χ3n) is 5.61. The van der Waals surface area contributed by atoms with E-state index in [2.05, 4.69) is 10.2 Å². The topological polar surface area (TPSA) is 41.6 Å². The summed E-state index contributed by atoms with van der Waals surface area (Å²) in [5.74, 6) is 0.752. The first-order valence-corrected chi connectivity index (χ1v) is 8.72. The fourth-order valence-corrected chi connectivity index (χ4v) is 4.40. The second kappa shape index (κ2) is 6.25. The number of methoxy groups -OCH3 is 1. The van der Waals surface area contributed by atoms with E-state index in [0.717, 1.165) is 19.0 Å². The Bertz CT molecular complexity index is 381. The third-order valence-corrected chi connectivity index (χ3v) is 5.61. The summed E-state index contributed by atoms with van der Waals surface area (Å²) in [7, 11) is 1.51. The second-order valence-electron chi connectivity index (χ2n) is 7.47. The molecule has 0 spiro atoms. The molecular weight excluding hydrogens is 264 g/mol. The highest BCUT2D eigenvalue weighted by molar-refractivity contribution is 5.80. The molecule has 3 rings (SSSR count). The number of piperidine rings is 1. The van der Waals surface area contributed by atoms with Gasteiger partial charge < -0.3 is 4.74 Å². The van der Waals surface area contributed by atoms with Gasteiger partial charge in [0.25, 0.3) is 0 Å². The Hall–Kier alpha value is -0.610. The number of ether oxygens (including phenoxy) is 1. The zero-order chi connectivity index (χ0) is 14.9. The largest absolute Gasteiger partial charge is 0.468 e. The van der Waals surface area contributed by atoms with Crippen LogP contribution in [0.5, 0.6) is 0 Å². The van der Waals surface area contributed by atoms with Gasteiger partial charge in [-0.3, -0.25) is 15.0 Å². The Balaban J connectivity index is 1.69. The van der Waals surface area contributed by atoms with E-state index in [-0.39, 0.29) is 5.97 Å². The molecule has 4 nitrogen and oxygen atoms in total. The van der Waals surface area contributed by atoms with Crippen molar-refractivity contribution in [1.82, 2.24) is 10.2 Å². The number of likely N-dealkylation sites (tertiary alicyclic amines) is 1. The van der Waals surface area contributed by atoms with E-state index in [0.29, 0.717) is 12.1 Å². The molecule has 3 aliphatic rings. The molecule has 0 aromatic heterocycles. The third kappa shape index (κ3) is 3.42. The smallest absolute Gasteiger partial charge is 0.327 e. The van der Waals surface area contributed by atoms with Crippen molar-refractivity contribution < 1.29 is 9.53 Å². The average molecular weight is 294 g/mol. The van der Waals surface area contributed by atoms with E-state index in [1.807, 2.05) is 6.92 Å². The minimum Gasteiger partial charge on any atom is -0.468 e. The number of hydrogen-bond acceptors (Lipinski definition) is 4. The van der Waals surface area contributed by atoms with Crippen molar-refractivity contribution in [3.05, 3.63) is 0 Å². The van der Waals surface area contributed by atoms with Gasteiger partial charge in [0.1, 0.15) is 5.54 Å². The summed E-state index contributed by atoms with van der Waals surface area (Å²) >= 11 is 0. The Morgan fingerprint density at radius 1 is 1.19 bits per heavy atom. The highest BCUT2D eigenvalue weighted by Crippen LogP contribution is 2.36. The highest BCUT2D eigenvalue weighted by atomic mass is 16.5.